The van der Waals surface area contributed by atoms with E-state index in [9.17, 15) is 14.9 Å². The van der Waals surface area contributed by atoms with Gasteiger partial charge in [0, 0.05) is 96.6 Å². The van der Waals surface area contributed by atoms with Crippen molar-refractivity contribution in [3.8, 4) is 31.6 Å². The number of nitrogens with two attached hydrogens (primary N) is 1. The zero-order valence-electron chi connectivity index (χ0n) is 43.8. The van der Waals surface area contributed by atoms with Crippen LogP contribution in [0.25, 0.3) is 31.7 Å². The fourth-order valence-electron chi connectivity index (χ4n) is 7.92. The summed E-state index contributed by atoms with van der Waals surface area (Å²) >= 11 is 18.0. The van der Waals surface area contributed by atoms with Crippen LogP contribution in [0.2, 0.25) is 0 Å². The SMILES string of the molecule is CN(C)c1cc2c(s1)-c1sc(/C=C(\C#N)C(=O)NCCOCCOCCCCCCCl)cc1C2(C)C.CN(C)c1cc2c(s1)-c1sc(/C=C(\C#N)C(=O)O)cc1C2(C)C.NCCOCCOCCCCCCCl. The van der Waals surface area contributed by atoms with E-state index in [1.807, 2.05) is 20.2 Å². The Morgan fingerprint density at radius 3 is 1.38 bits per heavy atom. The number of carboxylic acid groups (broad SMARTS) is 1. The number of carbonyl (C=O) groups excluding carboxylic acids is 1. The molecule has 0 saturated heterocycles. The van der Waals surface area contributed by atoms with Gasteiger partial charge in [0.15, 0.2) is 0 Å². The van der Waals surface area contributed by atoms with Gasteiger partial charge in [-0.25, -0.2) is 4.79 Å². The van der Waals surface area contributed by atoms with E-state index in [1.165, 1.54) is 70.7 Å². The smallest absolute Gasteiger partial charge is 0.346 e. The number of amides is 1. The van der Waals surface area contributed by atoms with Crippen LogP contribution in [0.15, 0.2) is 35.4 Å². The molecule has 0 aliphatic heterocycles. The number of carbonyl (C=O) groups is 2. The molecule has 0 saturated carbocycles. The lowest BCUT2D eigenvalue weighted by atomic mass is 9.84. The second-order valence-corrected chi connectivity index (χ2v) is 23.8. The summed E-state index contributed by atoms with van der Waals surface area (Å²) in [4.78, 5) is 34.5. The van der Waals surface area contributed by atoms with Crippen molar-refractivity contribution < 1.29 is 33.6 Å². The van der Waals surface area contributed by atoms with E-state index in [-0.39, 0.29) is 27.9 Å². The van der Waals surface area contributed by atoms with Crippen molar-refractivity contribution in [3.63, 3.8) is 0 Å². The third-order valence-corrected chi connectivity index (χ3v) is 17.7. The third-order valence-electron chi connectivity index (χ3n) is 12.1. The quantitative estimate of drug-likeness (QED) is 0.0203. The van der Waals surface area contributed by atoms with Gasteiger partial charge in [0.05, 0.1) is 59.4 Å². The molecule has 6 rings (SSSR count). The first kappa shape index (κ1) is 61.7. The van der Waals surface area contributed by atoms with Gasteiger partial charge in [0.1, 0.15) is 23.3 Å². The maximum Gasteiger partial charge on any atom is 0.346 e. The Morgan fingerprint density at radius 2 is 0.986 bits per heavy atom. The van der Waals surface area contributed by atoms with Gasteiger partial charge in [0.2, 0.25) is 0 Å². The minimum Gasteiger partial charge on any atom is -0.477 e. The molecule has 2 aliphatic rings. The number of aliphatic carboxylic acids is 1. The highest BCUT2D eigenvalue weighted by molar-refractivity contribution is 7.25. The van der Waals surface area contributed by atoms with Gasteiger partial charge in [-0.15, -0.1) is 68.5 Å². The minimum absolute atomic E-state index is 0.0988. The average Bonchev–Trinajstić information content (AvgIpc) is 4.21. The second-order valence-electron chi connectivity index (χ2n) is 18.8. The summed E-state index contributed by atoms with van der Waals surface area (Å²) in [6, 6.07) is 12.4. The summed E-state index contributed by atoms with van der Waals surface area (Å²) in [7, 11) is 8.18. The summed E-state index contributed by atoms with van der Waals surface area (Å²) < 4.78 is 21.6. The van der Waals surface area contributed by atoms with E-state index in [4.69, 9.17) is 58.3 Å². The summed E-state index contributed by atoms with van der Waals surface area (Å²) in [5.41, 5.74) is 10.1. The Bertz CT molecular complexity index is 2520. The first-order valence-electron chi connectivity index (χ1n) is 24.8. The molecule has 1 amide bonds. The number of nitrogens with one attached hydrogen (secondary N) is 1. The number of hydrogen-bond donors (Lipinski definition) is 3. The summed E-state index contributed by atoms with van der Waals surface area (Å²) in [6.45, 7) is 14.7. The predicted molar refractivity (Wildman–Crippen MR) is 307 cm³/mol. The van der Waals surface area contributed by atoms with E-state index in [0.29, 0.717) is 52.7 Å². The van der Waals surface area contributed by atoms with Gasteiger partial charge in [-0.1, -0.05) is 53.4 Å². The van der Waals surface area contributed by atoms with Crippen molar-refractivity contribution in [2.75, 3.05) is 116 Å². The van der Waals surface area contributed by atoms with Gasteiger partial charge in [-0.2, -0.15) is 10.5 Å². The van der Waals surface area contributed by atoms with Crippen LogP contribution >= 0.6 is 68.5 Å². The van der Waals surface area contributed by atoms with Gasteiger partial charge in [0.25, 0.3) is 5.91 Å². The van der Waals surface area contributed by atoms with Crippen LogP contribution in [0.1, 0.15) is 111 Å². The highest BCUT2D eigenvalue weighted by atomic mass is 35.5. The molecule has 4 N–H and O–H groups in total. The average molecular weight is 1120 g/mol. The van der Waals surface area contributed by atoms with Gasteiger partial charge < -0.3 is 44.9 Å². The fourth-order valence-corrected chi connectivity index (χ4v) is 13.6. The van der Waals surface area contributed by atoms with E-state index in [2.05, 4.69) is 81.2 Å². The zero-order valence-corrected chi connectivity index (χ0v) is 48.5. The Morgan fingerprint density at radius 1 is 0.603 bits per heavy atom. The number of fused-ring (bicyclic) bond motifs is 6. The van der Waals surface area contributed by atoms with Crippen molar-refractivity contribution in [2.24, 2.45) is 5.73 Å². The van der Waals surface area contributed by atoms with Gasteiger partial charge in [-0.3, -0.25) is 4.79 Å². The van der Waals surface area contributed by atoms with Crippen molar-refractivity contribution in [1.82, 2.24) is 5.32 Å². The number of halogens is 2. The lowest BCUT2D eigenvalue weighted by Crippen LogP contribution is -2.28. The van der Waals surface area contributed by atoms with Crippen LogP contribution < -0.4 is 20.9 Å². The normalized spacial score (nSPS) is 13.6. The topological polar surface area (TPSA) is 183 Å². The van der Waals surface area contributed by atoms with Crippen LogP contribution in [0.4, 0.5) is 10.0 Å². The molecule has 0 radical (unpaired) electrons. The molecule has 73 heavy (non-hydrogen) atoms. The summed E-state index contributed by atoms with van der Waals surface area (Å²) in [6.07, 6.45) is 12.2. The molecule has 0 bridgehead atoms. The molecule has 0 unspecified atom stereocenters. The molecule has 19 heteroatoms. The number of nitrogens with zero attached hydrogens (tertiary/aromatic N) is 4. The van der Waals surface area contributed by atoms with E-state index in [1.54, 1.807) is 57.5 Å². The number of ether oxygens (including phenoxy) is 4. The molecule has 0 spiro atoms. The Labute approximate surface area is 459 Å². The molecular formula is C54H74Cl2N6O7S4. The lowest BCUT2D eigenvalue weighted by molar-refractivity contribution is -0.132. The zero-order chi connectivity index (χ0) is 53.6. The molecule has 400 valence electrons. The third kappa shape index (κ3) is 17.9. The first-order chi connectivity index (χ1) is 35.0. The Hall–Kier alpha value is -3.82. The van der Waals surface area contributed by atoms with Crippen molar-refractivity contribution in [1.29, 1.82) is 10.5 Å². The molecule has 4 aromatic heterocycles. The predicted octanol–water partition coefficient (Wildman–Crippen LogP) is 12.0. The largest absolute Gasteiger partial charge is 0.477 e. The molecule has 13 nitrogen and oxygen atoms in total. The number of unbranched alkanes of at least 4 members (excludes halogenated alkanes) is 6. The second kappa shape index (κ2) is 31.3. The molecule has 0 atom stereocenters. The molecule has 4 heterocycles. The Kier molecular flexibility index (Phi) is 26.5. The molecule has 2 aliphatic carbocycles. The van der Waals surface area contributed by atoms with E-state index < -0.39 is 5.97 Å². The number of rotatable bonds is 29. The monoisotopic (exact) mass is 1120 g/mol. The van der Waals surface area contributed by atoms with Crippen LogP contribution in [0, 0.1) is 22.7 Å². The maximum atomic E-state index is 12.6. The van der Waals surface area contributed by atoms with Crippen LogP contribution in [-0.2, 0) is 39.4 Å². The number of nitriles is 2. The van der Waals surface area contributed by atoms with E-state index in [0.717, 1.165) is 73.3 Å². The van der Waals surface area contributed by atoms with Crippen LogP contribution in [0.5, 0.6) is 0 Å². The molecule has 4 aromatic rings. The number of carboxylic acids is 1. The maximum absolute atomic E-state index is 12.6. The van der Waals surface area contributed by atoms with Crippen molar-refractivity contribution in [2.45, 2.75) is 89.9 Å². The molecule has 0 fully saturated rings. The highest BCUT2D eigenvalue weighted by Crippen LogP contribution is 2.58. The number of anilines is 2. The molecule has 0 aromatic carbocycles. The van der Waals surface area contributed by atoms with Gasteiger partial charge in [-0.05, 0) is 84.4 Å². The molecular weight excluding hydrogens is 1040 g/mol. The first-order valence-corrected chi connectivity index (χ1v) is 29.1. The van der Waals surface area contributed by atoms with Crippen LogP contribution in [-0.4, -0.2) is 123 Å². The number of hydrogen-bond acceptors (Lipinski definition) is 15. The van der Waals surface area contributed by atoms with E-state index >= 15 is 0 Å². The van der Waals surface area contributed by atoms with Gasteiger partial charge >= 0.3 is 5.97 Å². The number of alkyl halides is 2. The highest BCUT2D eigenvalue weighted by Gasteiger charge is 2.41. The summed E-state index contributed by atoms with van der Waals surface area (Å²) in [5, 5.41) is 32.8. The standard InChI is InChI=1S/C27H36ClN3O3S2.C17H16N2O2S2.C10H22ClNO2/c1-27(2)21-16-20(35-24(21)25-22(27)17-23(36-25)31(3)4)15-19(18-29)26(32)30-10-12-34-14-13-33-11-8-6-5-7-9-28;1-17(2)11-6-10(5-9(8-18)16(20)21)22-14(11)15-12(17)7-13(23-15)19(3)4;11-5-3-1-2-4-7-13-9-10-14-8-6-12/h15-17H,5-14H2,1-4H3,(H,30,32);5-7H,1-4H3,(H,20,21);1-10,12H2/b19-15+;9-5+;. The fraction of sp³-hybridized carbons (Fsp3) is 0.556. The van der Waals surface area contributed by atoms with Crippen molar-refractivity contribution >= 4 is 103 Å². The summed E-state index contributed by atoms with van der Waals surface area (Å²) in [5.74, 6) is -0.0753. The van der Waals surface area contributed by atoms with Crippen LogP contribution in [0.3, 0.4) is 0 Å². The number of thiophene rings is 4. The Balaban J connectivity index is 0.000000266. The minimum atomic E-state index is -1.19. The lowest BCUT2D eigenvalue weighted by Gasteiger charge is -2.19. The van der Waals surface area contributed by atoms with Crippen molar-refractivity contribution in [3.05, 3.63) is 67.4 Å².